The van der Waals surface area contributed by atoms with E-state index in [4.69, 9.17) is 0 Å². The van der Waals surface area contributed by atoms with E-state index in [-0.39, 0.29) is 0 Å². The highest BCUT2D eigenvalue weighted by molar-refractivity contribution is 8.00. The number of nitrogens with zero attached hydrogens (tertiary/aromatic N) is 3. The van der Waals surface area contributed by atoms with Gasteiger partial charge in [0, 0.05) is 24.1 Å². The Morgan fingerprint density at radius 3 is 2.51 bits per heavy atom. The molecule has 2 N–H and O–H groups in total. The largest absolute Gasteiger partial charge is 0.309 e. The van der Waals surface area contributed by atoms with Gasteiger partial charge in [-0.1, -0.05) is 51.0 Å². The zero-order valence-corrected chi connectivity index (χ0v) is 25.6. The first kappa shape index (κ1) is 28.9. The minimum Gasteiger partial charge on any atom is -0.309 e. The molecule has 5 nitrogen and oxygen atoms in total. The van der Waals surface area contributed by atoms with Crippen LogP contribution in [0.25, 0.3) is 0 Å². The van der Waals surface area contributed by atoms with Gasteiger partial charge in [-0.3, -0.25) is 14.8 Å². The van der Waals surface area contributed by atoms with Crippen molar-refractivity contribution in [1.29, 1.82) is 0 Å². The van der Waals surface area contributed by atoms with Crippen LogP contribution in [0.2, 0.25) is 0 Å². The molecule has 0 saturated carbocycles. The van der Waals surface area contributed by atoms with Gasteiger partial charge in [-0.25, -0.2) is 5.32 Å². The van der Waals surface area contributed by atoms with Crippen molar-refractivity contribution < 1.29 is 9.06 Å². The average Bonchev–Trinajstić information content (AvgIpc) is 3.35. The number of unbranched alkanes of at least 4 members (excludes halogenated alkanes) is 1. The van der Waals surface area contributed by atoms with Crippen molar-refractivity contribution in [2.75, 3.05) is 47.0 Å². The standard InChI is InChI=1S/C31H55N5S/c1-8-10-13-26-20-30(34(4)5)35(6)21-27(26)24-15-17-25(18-16-24)28-22-37-31(32-28)33-29-14-11-12-23(3)36(29,7)19-9-2/h15-18,23,26-29,31-33H,8-14,19-22H2,1-7H3/q+2. The number of piperidine rings is 2. The molecule has 0 amide bonds. The van der Waals surface area contributed by atoms with E-state index in [1.165, 1.54) is 79.4 Å². The third-order valence-corrected chi connectivity index (χ3v) is 10.9. The number of hydrogen-bond acceptors (Lipinski definition) is 3. The number of rotatable bonds is 9. The third kappa shape index (κ3) is 6.57. The lowest BCUT2D eigenvalue weighted by Gasteiger charge is -2.50. The highest BCUT2D eigenvalue weighted by Gasteiger charge is 2.42. The lowest BCUT2D eigenvalue weighted by molar-refractivity contribution is -0.962. The van der Waals surface area contributed by atoms with Crippen molar-refractivity contribution in [2.24, 2.45) is 5.92 Å². The lowest BCUT2D eigenvalue weighted by Crippen LogP contribution is -2.67. The van der Waals surface area contributed by atoms with Crippen molar-refractivity contribution in [3.63, 3.8) is 0 Å². The molecule has 3 heterocycles. The first-order valence-corrected chi connectivity index (χ1v) is 16.1. The molecule has 1 aromatic carbocycles. The molecular weight excluding hydrogens is 474 g/mol. The molecule has 4 rings (SSSR count). The molecular formula is C31H55N5S+2. The number of quaternary nitrogens is 1. The Bertz CT molecular complexity index is 897. The summed E-state index contributed by atoms with van der Waals surface area (Å²) in [7, 11) is 9.16. The molecule has 208 valence electrons. The van der Waals surface area contributed by atoms with Crippen LogP contribution >= 0.6 is 11.8 Å². The molecule has 0 bridgehead atoms. The van der Waals surface area contributed by atoms with Gasteiger partial charge in [-0.05, 0) is 49.7 Å². The molecule has 0 radical (unpaired) electrons. The summed E-state index contributed by atoms with van der Waals surface area (Å²) >= 11 is 2.06. The second kappa shape index (κ2) is 12.8. The topological polar surface area (TPSA) is 30.3 Å². The number of thioether (sulfide) groups is 1. The van der Waals surface area contributed by atoms with Gasteiger partial charge in [0.15, 0.2) is 0 Å². The Kier molecular flexibility index (Phi) is 10.0. The predicted octanol–water partition coefficient (Wildman–Crippen LogP) is 5.59. The van der Waals surface area contributed by atoms with E-state index in [1.807, 2.05) is 0 Å². The van der Waals surface area contributed by atoms with Gasteiger partial charge >= 0.3 is 0 Å². The van der Waals surface area contributed by atoms with Gasteiger partial charge < -0.3 is 4.48 Å². The van der Waals surface area contributed by atoms with Gasteiger partial charge in [0.25, 0.3) is 0 Å². The van der Waals surface area contributed by atoms with Crippen LogP contribution < -0.4 is 10.6 Å². The molecule has 3 saturated heterocycles. The van der Waals surface area contributed by atoms with E-state index in [0.717, 1.165) is 24.3 Å². The molecule has 3 aliphatic heterocycles. The van der Waals surface area contributed by atoms with E-state index in [2.05, 4.69) is 105 Å². The summed E-state index contributed by atoms with van der Waals surface area (Å²) < 4.78 is 3.50. The van der Waals surface area contributed by atoms with Crippen LogP contribution in [0.4, 0.5) is 0 Å². The summed E-state index contributed by atoms with van der Waals surface area (Å²) in [5.74, 6) is 3.99. The quantitative estimate of drug-likeness (QED) is 0.323. The maximum atomic E-state index is 4.04. The number of benzene rings is 1. The van der Waals surface area contributed by atoms with E-state index in [1.54, 1.807) is 0 Å². The number of hydrogen-bond donors (Lipinski definition) is 2. The van der Waals surface area contributed by atoms with E-state index < -0.39 is 0 Å². The Morgan fingerprint density at radius 1 is 1.11 bits per heavy atom. The van der Waals surface area contributed by atoms with Crippen LogP contribution in [0.1, 0.15) is 95.2 Å². The SMILES string of the molecule is CCCCC1CC(=[N+](C)C)N(C)CC1c1ccc(C2CSC(NC3CCCC(C)[N+]3(C)CCC)N2)cc1. The molecule has 3 fully saturated rings. The van der Waals surface area contributed by atoms with Gasteiger partial charge in [0.1, 0.15) is 11.7 Å². The van der Waals surface area contributed by atoms with Crippen LogP contribution in [0.15, 0.2) is 24.3 Å². The molecule has 6 heteroatoms. The zero-order chi connectivity index (χ0) is 26.6. The Labute approximate surface area is 232 Å². The summed E-state index contributed by atoms with van der Waals surface area (Å²) in [4.78, 5) is 2.49. The third-order valence-electron chi connectivity index (χ3n) is 9.79. The summed E-state index contributed by atoms with van der Waals surface area (Å²) in [5, 5.41) is 7.98. The molecule has 0 spiro atoms. The lowest BCUT2D eigenvalue weighted by atomic mass is 9.77. The molecule has 7 atom stereocenters. The summed E-state index contributed by atoms with van der Waals surface area (Å²) in [6.07, 6.45) is 11.0. The van der Waals surface area contributed by atoms with Gasteiger partial charge in [-0.15, -0.1) is 11.8 Å². The van der Waals surface area contributed by atoms with E-state index >= 15 is 0 Å². The number of likely N-dealkylation sites (N-methyl/N-ethyl adjacent to an activating group) is 1. The highest BCUT2D eigenvalue weighted by Crippen LogP contribution is 2.38. The van der Waals surface area contributed by atoms with Gasteiger partial charge in [0.2, 0.25) is 5.84 Å². The fourth-order valence-electron chi connectivity index (χ4n) is 7.28. The second-order valence-electron chi connectivity index (χ2n) is 12.5. The molecule has 37 heavy (non-hydrogen) atoms. The van der Waals surface area contributed by atoms with Crippen molar-refractivity contribution in [1.82, 2.24) is 15.5 Å². The van der Waals surface area contributed by atoms with Crippen molar-refractivity contribution in [2.45, 2.75) is 102 Å². The predicted molar refractivity (Wildman–Crippen MR) is 160 cm³/mol. The van der Waals surface area contributed by atoms with Crippen molar-refractivity contribution in [3.8, 4) is 0 Å². The van der Waals surface area contributed by atoms with Crippen molar-refractivity contribution in [3.05, 3.63) is 35.4 Å². The number of likely N-dealkylation sites (tertiary alicyclic amines) is 2. The average molecular weight is 530 g/mol. The van der Waals surface area contributed by atoms with Crippen LogP contribution in [-0.4, -0.2) is 84.5 Å². The summed E-state index contributed by atoms with van der Waals surface area (Å²) in [6.45, 7) is 9.51. The van der Waals surface area contributed by atoms with Gasteiger partial charge in [-0.2, -0.15) is 0 Å². The first-order chi connectivity index (χ1) is 17.8. The van der Waals surface area contributed by atoms with E-state index in [0.29, 0.717) is 23.6 Å². The minimum absolute atomic E-state index is 0.347. The monoisotopic (exact) mass is 529 g/mol. The zero-order valence-electron chi connectivity index (χ0n) is 24.8. The number of amidine groups is 1. The summed E-state index contributed by atoms with van der Waals surface area (Å²) in [6, 6.07) is 10.9. The smallest absolute Gasteiger partial charge is 0.246 e. The van der Waals surface area contributed by atoms with Crippen LogP contribution in [-0.2, 0) is 0 Å². The molecule has 0 aliphatic carbocycles. The maximum Gasteiger partial charge on any atom is 0.246 e. The first-order valence-electron chi connectivity index (χ1n) is 15.1. The molecule has 7 unspecified atom stereocenters. The van der Waals surface area contributed by atoms with Crippen LogP contribution in [0.5, 0.6) is 0 Å². The fourth-order valence-corrected chi connectivity index (χ4v) is 8.47. The Balaban J connectivity index is 1.40. The van der Waals surface area contributed by atoms with Crippen molar-refractivity contribution >= 4 is 17.6 Å². The molecule has 3 aliphatic rings. The minimum atomic E-state index is 0.347. The second-order valence-corrected chi connectivity index (χ2v) is 13.7. The molecule has 0 aromatic heterocycles. The highest BCUT2D eigenvalue weighted by atomic mass is 32.2. The maximum absolute atomic E-state index is 4.04. The summed E-state index contributed by atoms with van der Waals surface area (Å²) in [5.41, 5.74) is 3.32. The fraction of sp³-hybridized carbons (Fsp3) is 0.774. The normalized spacial score (nSPS) is 34.7. The Morgan fingerprint density at radius 2 is 1.84 bits per heavy atom. The van der Waals surface area contributed by atoms with Crippen LogP contribution in [0.3, 0.4) is 0 Å². The number of nitrogens with one attached hydrogen (secondary N) is 2. The molecule has 1 aromatic rings. The van der Waals surface area contributed by atoms with Gasteiger partial charge in [0.05, 0.1) is 53.7 Å². The Hall–Kier alpha value is -1.08. The van der Waals surface area contributed by atoms with E-state index in [9.17, 15) is 0 Å². The van der Waals surface area contributed by atoms with Crippen LogP contribution in [0, 0.1) is 5.92 Å².